The van der Waals surface area contributed by atoms with Crippen LogP contribution in [-0.4, -0.2) is 48.8 Å². The van der Waals surface area contributed by atoms with Crippen LogP contribution >= 0.6 is 0 Å². The molecule has 140 valence electrons. The predicted octanol–water partition coefficient (Wildman–Crippen LogP) is 1.96. The first kappa shape index (κ1) is 18.6. The summed E-state index contributed by atoms with van der Waals surface area (Å²) in [5.41, 5.74) is 0.856. The fraction of sp³-hybridized carbons (Fsp3) is 0.250. The molecule has 0 spiro atoms. The standard InChI is InChI=1S/C20H22N4O3/c1-24(2)16(15-10-6-7-11-17(15)27-3)12-21-20(26)18-13-8-4-5-9-14(13)19(25)23-22-18/h4-11,16H,12H2,1-3H3,(H,21,26)(H,23,25)/t16-/m1/s1. The molecule has 0 unspecified atom stereocenters. The number of H-pyrrole nitrogens is 1. The highest BCUT2D eigenvalue weighted by atomic mass is 16.5. The van der Waals surface area contributed by atoms with Crippen LogP contribution in [0.5, 0.6) is 5.75 Å². The first-order chi connectivity index (χ1) is 13.0. The molecule has 0 saturated heterocycles. The van der Waals surface area contributed by atoms with Gasteiger partial charge in [0.15, 0.2) is 5.69 Å². The number of aromatic amines is 1. The third-order valence-corrected chi connectivity index (χ3v) is 4.49. The van der Waals surface area contributed by atoms with E-state index in [9.17, 15) is 9.59 Å². The molecule has 0 fully saturated rings. The van der Waals surface area contributed by atoms with Crippen molar-refractivity contribution in [2.45, 2.75) is 6.04 Å². The predicted molar refractivity (Wildman–Crippen MR) is 104 cm³/mol. The fourth-order valence-corrected chi connectivity index (χ4v) is 3.07. The van der Waals surface area contributed by atoms with Gasteiger partial charge in [-0.3, -0.25) is 9.59 Å². The average Bonchev–Trinajstić information content (AvgIpc) is 2.68. The summed E-state index contributed by atoms with van der Waals surface area (Å²) >= 11 is 0. The summed E-state index contributed by atoms with van der Waals surface area (Å²) in [5, 5.41) is 10.2. The third kappa shape index (κ3) is 3.83. The number of carbonyl (C=O) groups is 1. The van der Waals surface area contributed by atoms with Crippen molar-refractivity contribution >= 4 is 16.7 Å². The van der Waals surface area contributed by atoms with Gasteiger partial charge in [-0.2, -0.15) is 5.10 Å². The molecule has 0 aliphatic carbocycles. The maximum absolute atomic E-state index is 12.7. The zero-order valence-corrected chi connectivity index (χ0v) is 15.5. The van der Waals surface area contributed by atoms with Gasteiger partial charge in [0.2, 0.25) is 0 Å². The second-order valence-electron chi connectivity index (χ2n) is 6.38. The molecule has 0 aliphatic rings. The summed E-state index contributed by atoms with van der Waals surface area (Å²) in [4.78, 5) is 26.6. The number of fused-ring (bicyclic) bond motifs is 1. The van der Waals surface area contributed by atoms with Crippen molar-refractivity contribution in [1.82, 2.24) is 20.4 Å². The van der Waals surface area contributed by atoms with Crippen LogP contribution < -0.4 is 15.6 Å². The van der Waals surface area contributed by atoms with Crippen molar-refractivity contribution in [3.8, 4) is 5.75 Å². The summed E-state index contributed by atoms with van der Waals surface area (Å²) < 4.78 is 5.45. The third-order valence-electron chi connectivity index (χ3n) is 4.49. The van der Waals surface area contributed by atoms with Gasteiger partial charge in [0.25, 0.3) is 11.5 Å². The number of carbonyl (C=O) groups excluding carboxylic acids is 1. The maximum atomic E-state index is 12.7. The number of nitrogens with zero attached hydrogens (tertiary/aromatic N) is 2. The van der Waals surface area contributed by atoms with Crippen molar-refractivity contribution in [1.29, 1.82) is 0 Å². The van der Waals surface area contributed by atoms with Crippen LogP contribution in [0.15, 0.2) is 53.3 Å². The molecule has 1 atom stereocenters. The summed E-state index contributed by atoms with van der Waals surface area (Å²) in [6.07, 6.45) is 0. The van der Waals surface area contributed by atoms with E-state index in [1.807, 2.05) is 43.3 Å². The quantitative estimate of drug-likeness (QED) is 0.696. The lowest BCUT2D eigenvalue weighted by atomic mass is 10.0. The second-order valence-corrected chi connectivity index (χ2v) is 6.38. The van der Waals surface area contributed by atoms with Crippen molar-refractivity contribution in [2.75, 3.05) is 27.7 Å². The number of aromatic nitrogens is 2. The Morgan fingerprint density at radius 2 is 1.81 bits per heavy atom. The Balaban J connectivity index is 1.86. The van der Waals surface area contributed by atoms with E-state index in [4.69, 9.17) is 4.74 Å². The molecule has 7 heteroatoms. The van der Waals surface area contributed by atoms with Gasteiger partial charge < -0.3 is 15.0 Å². The van der Waals surface area contributed by atoms with Crippen LogP contribution in [0.25, 0.3) is 10.8 Å². The summed E-state index contributed by atoms with van der Waals surface area (Å²) in [7, 11) is 5.51. The van der Waals surface area contributed by atoms with Gasteiger partial charge in [0.1, 0.15) is 5.75 Å². The van der Waals surface area contributed by atoms with Crippen LogP contribution in [-0.2, 0) is 0 Å². The normalized spacial score (nSPS) is 12.1. The minimum absolute atomic E-state index is 0.0841. The number of ether oxygens (including phenoxy) is 1. The topological polar surface area (TPSA) is 87.3 Å². The van der Waals surface area contributed by atoms with E-state index in [0.717, 1.165) is 11.3 Å². The van der Waals surface area contributed by atoms with Gasteiger partial charge in [-0.25, -0.2) is 5.10 Å². The minimum Gasteiger partial charge on any atom is -0.496 e. The van der Waals surface area contributed by atoms with Gasteiger partial charge in [0.05, 0.1) is 18.5 Å². The first-order valence-corrected chi connectivity index (χ1v) is 8.58. The number of likely N-dealkylation sites (N-methyl/N-ethyl adjacent to an activating group) is 1. The molecule has 1 heterocycles. The molecule has 27 heavy (non-hydrogen) atoms. The van der Waals surface area contributed by atoms with Crippen LogP contribution in [0, 0.1) is 0 Å². The molecular weight excluding hydrogens is 344 g/mol. The van der Waals surface area contributed by atoms with Crippen LogP contribution in [0.1, 0.15) is 22.1 Å². The van der Waals surface area contributed by atoms with Crippen molar-refractivity contribution in [3.63, 3.8) is 0 Å². The molecule has 2 N–H and O–H groups in total. The molecule has 0 aliphatic heterocycles. The molecule has 2 aromatic carbocycles. The van der Waals surface area contributed by atoms with Crippen molar-refractivity contribution in [3.05, 3.63) is 70.1 Å². The average molecular weight is 366 g/mol. The lowest BCUT2D eigenvalue weighted by Crippen LogP contribution is -2.35. The number of para-hydroxylation sites is 1. The number of amides is 1. The molecule has 0 saturated carbocycles. The monoisotopic (exact) mass is 366 g/mol. The highest BCUT2D eigenvalue weighted by molar-refractivity contribution is 6.04. The number of benzene rings is 2. The van der Waals surface area contributed by atoms with Gasteiger partial charge >= 0.3 is 0 Å². The zero-order chi connectivity index (χ0) is 19.4. The lowest BCUT2D eigenvalue weighted by molar-refractivity contribution is 0.0937. The summed E-state index contributed by atoms with van der Waals surface area (Å²) in [5.74, 6) is 0.419. The molecular formula is C20H22N4O3. The van der Waals surface area contributed by atoms with E-state index in [-0.39, 0.29) is 23.2 Å². The highest BCUT2D eigenvalue weighted by Gasteiger charge is 2.21. The van der Waals surface area contributed by atoms with E-state index in [0.29, 0.717) is 17.3 Å². The van der Waals surface area contributed by atoms with Crippen LogP contribution in [0.4, 0.5) is 0 Å². The molecule has 3 rings (SSSR count). The Morgan fingerprint density at radius 3 is 2.52 bits per heavy atom. The lowest BCUT2D eigenvalue weighted by Gasteiger charge is -2.26. The highest BCUT2D eigenvalue weighted by Crippen LogP contribution is 2.27. The van der Waals surface area contributed by atoms with Crippen molar-refractivity contribution in [2.24, 2.45) is 0 Å². The van der Waals surface area contributed by atoms with E-state index in [1.54, 1.807) is 31.4 Å². The van der Waals surface area contributed by atoms with E-state index in [1.165, 1.54) is 0 Å². The Kier molecular flexibility index (Phi) is 5.52. The molecule has 3 aromatic rings. The number of hydrogen-bond donors (Lipinski definition) is 2. The van der Waals surface area contributed by atoms with Gasteiger partial charge in [-0.1, -0.05) is 36.4 Å². The van der Waals surface area contributed by atoms with E-state index < -0.39 is 0 Å². The minimum atomic E-state index is -0.343. The Bertz CT molecular complexity index is 1010. The number of methoxy groups -OCH3 is 1. The largest absolute Gasteiger partial charge is 0.496 e. The molecule has 0 radical (unpaired) electrons. The smallest absolute Gasteiger partial charge is 0.272 e. The molecule has 1 amide bonds. The van der Waals surface area contributed by atoms with Gasteiger partial charge in [0, 0.05) is 17.5 Å². The number of hydrogen-bond acceptors (Lipinski definition) is 5. The number of nitrogens with one attached hydrogen (secondary N) is 2. The molecule has 7 nitrogen and oxygen atoms in total. The zero-order valence-electron chi connectivity index (χ0n) is 15.5. The summed E-state index contributed by atoms with van der Waals surface area (Å²) in [6, 6.07) is 14.5. The van der Waals surface area contributed by atoms with Gasteiger partial charge in [-0.15, -0.1) is 0 Å². The van der Waals surface area contributed by atoms with E-state index in [2.05, 4.69) is 15.5 Å². The Hall–Kier alpha value is -3.19. The molecule has 1 aromatic heterocycles. The second kappa shape index (κ2) is 8.01. The van der Waals surface area contributed by atoms with Crippen molar-refractivity contribution < 1.29 is 9.53 Å². The van der Waals surface area contributed by atoms with Crippen LogP contribution in [0.2, 0.25) is 0 Å². The van der Waals surface area contributed by atoms with Gasteiger partial charge in [-0.05, 0) is 26.2 Å². The van der Waals surface area contributed by atoms with E-state index >= 15 is 0 Å². The Morgan fingerprint density at radius 1 is 1.15 bits per heavy atom. The first-order valence-electron chi connectivity index (χ1n) is 8.58. The fourth-order valence-electron chi connectivity index (χ4n) is 3.07. The number of rotatable bonds is 6. The SMILES string of the molecule is COc1ccccc1[C@@H](CNC(=O)c1n[nH]c(=O)c2ccccc12)N(C)C. The Labute approximate surface area is 157 Å². The summed E-state index contributed by atoms with van der Waals surface area (Å²) in [6.45, 7) is 0.362. The maximum Gasteiger partial charge on any atom is 0.272 e. The molecule has 0 bridgehead atoms. The van der Waals surface area contributed by atoms with Crippen LogP contribution in [0.3, 0.4) is 0 Å².